The fourth-order valence-corrected chi connectivity index (χ4v) is 2.15. The Morgan fingerprint density at radius 3 is 2.68 bits per heavy atom. The van der Waals surface area contributed by atoms with Crippen LogP contribution in [-0.2, 0) is 6.54 Å². The lowest BCUT2D eigenvalue weighted by atomic mass is 10.1. The second-order valence-corrected chi connectivity index (χ2v) is 4.95. The molecule has 0 spiro atoms. The normalized spacial score (nSPS) is 10.4. The molecule has 0 saturated heterocycles. The van der Waals surface area contributed by atoms with Gasteiger partial charge in [0.2, 0.25) is 0 Å². The predicted octanol–water partition coefficient (Wildman–Crippen LogP) is 3.17. The van der Waals surface area contributed by atoms with E-state index >= 15 is 0 Å². The molecule has 0 fully saturated rings. The van der Waals surface area contributed by atoms with Crippen LogP contribution in [0.15, 0.2) is 42.5 Å². The molecule has 2 rings (SSSR count). The van der Waals surface area contributed by atoms with Gasteiger partial charge in [0.25, 0.3) is 11.6 Å². The third-order valence-corrected chi connectivity index (χ3v) is 3.29. The summed E-state index contributed by atoms with van der Waals surface area (Å²) in [5.41, 5.74) is 0.703. The van der Waals surface area contributed by atoms with Gasteiger partial charge in [0.05, 0.1) is 4.92 Å². The third kappa shape index (κ3) is 4.87. The molecule has 0 radical (unpaired) electrons. The molecule has 0 heterocycles. The molecule has 0 aromatic heterocycles. The average molecular weight is 351 g/mol. The lowest BCUT2D eigenvalue weighted by Crippen LogP contribution is -2.18. The number of nitro groups is 1. The monoisotopic (exact) mass is 351 g/mol. The number of alkyl halides is 2. The van der Waals surface area contributed by atoms with Crippen LogP contribution in [0.2, 0.25) is 0 Å². The highest BCUT2D eigenvalue weighted by atomic mass is 19.3. The number of anilines is 1. The van der Waals surface area contributed by atoms with E-state index in [2.05, 4.69) is 15.4 Å². The fourth-order valence-electron chi connectivity index (χ4n) is 2.15. The molecule has 1 amide bonds. The SMILES string of the molecule is CNC(=O)c1ccc(NCc2cccc(OC(F)F)c2)c([N+](=O)[O-])c1. The summed E-state index contributed by atoms with van der Waals surface area (Å²) in [6.45, 7) is -2.78. The summed E-state index contributed by atoms with van der Waals surface area (Å²) in [4.78, 5) is 22.2. The molecule has 0 aliphatic rings. The molecular weight excluding hydrogens is 336 g/mol. The number of ether oxygens (including phenoxy) is 1. The summed E-state index contributed by atoms with van der Waals surface area (Å²) in [6.07, 6.45) is 0. The van der Waals surface area contributed by atoms with Crippen LogP contribution in [0.1, 0.15) is 15.9 Å². The summed E-state index contributed by atoms with van der Waals surface area (Å²) < 4.78 is 28.8. The van der Waals surface area contributed by atoms with Gasteiger partial charge in [-0.15, -0.1) is 0 Å². The Morgan fingerprint density at radius 2 is 2.04 bits per heavy atom. The first-order valence-electron chi connectivity index (χ1n) is 7.19. The number of benzene rings is 2. The van der Waals surface area contributed by atoms with Crippen molar-refractivity contribution in [2.45, 2.75) is 13.2 Å². The van der Waals surface area contributed by atoms with Gasteiger partial charge in [0, 0.05) is 25.2 Å². The van der Waals surface area contributed by atoms with E-state index in [0.29, 0.717) is 5.56 Å². The molecule has 0 bridgehead atoms. The number of hydrogen-bond acceptors (Lipinski definition) is 5. The number of halogens is 2. The summed E-state index contributed by atoms with van der Waals surface area (Å²) in [5.74, 6) is -0.440. The van der Waals surface area contributed by atoms with Gasteiger partial charge in [0.15, 0.2) is 0 Å². The molecule has 132 valence electrons. The number of nitrogens with zero attached hydrogens (tertiary/aromatic N) is 1. The molecule has 0 saturated carbocycles. The molecule has 2 aromatic rings. The van der Waals surface area contributed by atoms with Gasteiger partial charge >= 0.3 is 6.61 Å². The number of carbonyl (C=O) groups excluding carboxylic acids is 1. The Kier molecular flexibility index (Phi) is 5.83. The van der Waals surface area contributed by atoms with Crippen molar-refractivity contribution in [2.24, 2.45) is 0 Å². The molecule has 0 unspecified atom stereocenters. The van der Waals surface area contributed by atoms with Gasteiger partial charge in [0.1, 0.15) is 11.4 Å². The second kappa shape index (κ2) is 8.04. The topological polar surface area (TPSA) is 93.5 Å². The van der Waals surface area contributed by atoms with Gasteiger partial charge in [-0.05, 0) is 29.8 Å². The Balaban J connectivity index is 2.17. The Hall–Kier alpha value is -3.23. The zero-order chi connectivity index (χ0) is 18.4. The minimum Gasteiger partial charge on any atom is -0.435 e. The largest absolute Gasteiger partial charge is 0.435 e. The maximum absolute atomic E-state index is 12.2. The summed E-state index contributed by atoms with van der Waals surface area (Å²) >= 11 is 0. The van der Waals surface area contributed by atoms with Crippen LogP contribution in [0.5, 0.6) is 5.75 Å². The molecule has 0 aliphatic carbocycles. The molecule has 0 aliphatic heterocycles. The van der Waals surface area contributed by atoms with E-state index in [4.69, 9.17) is 0 Å². The predicted molar refractivity (Wildman–Crippen MR) is 86.9 cm³/mol. The van der Waals surface area contributed by atoms with Crippen molar-refractivity contribution in [3.05, 3.63) is 63.7 Å². The highest BCUT2D eigenvalue weighted by molar-refractivity contribution is 5.95. The van der Waals surface area contributed by atoms with E-state index in [9.17, 15) is 23.7 Å². The molecule has 0 atom stereocenters. The van der Waals surface area contributed by atoms with Gasteiger partial charge in [-0.3, -0.25) is 14.9 Å². The highest BCUT2D eigenvalue weighted by Gasteiger charge is 2.17. The lowest BCUT2D eigenvalue weighted by molar-refractivity contribution is -0.384. The first kappa shape index (κ1) is 18.1. The van der Waals surface area contributed by atoms with Crippen molar-refractivity contribution in [2.75, 3.05) is 12.4 Å². The van der Waals surface area contributed by atoms with Crippen LogP contribution in [0, 0.1) is 10.1 Å². The van der Waals surface area contributed by atoms with Crippen LogP contribution >= 0.6 is 0 Å². The number of carbonyl (C=O) groups is 1. The first-order chi connectivity index (χ1) is 11.9. The van der Waals surface area contributed by atoms with Crippen molar-refractivity contribution in [1.29, 1.82) is 0 Å². The van der Waals surface area contributed by atoms with Crippen molar-refractivity contribution in [1.82, 2.24) is 5.32 Å². The average Bonchev–Trinajstić information content (AvgIpc) is 2.58. The Labute approximate surface area is 141 Å². The summed E-state index contributed by atoms with van der Waals surface area (Å²) in [6, 6.07) is 10.0. The third-order valence-electron chi connectivity index (χ3n) is 3.29. The standard InChI is InChI=1S/C16H15F2N3O4/c1-19-15(22)11-5-6-13(14(8-11)21(23)24)20-9-10-3-2-4-12(7-10)25-16(17)18/h2-8,16,20H,9H2,1H3,(H,19,22). The van der Waals surface area contributed by atoms with Crippen LogP contribution in [0.3, 0.4) is 0 Å². The Morgan fingerprint density at radius 1 is 1.28 bits per heavy atom. The smallest absolute Gasteiger partial charge is 0.387 e. The summed E-state index contributed by atoms with van der Waals surface area (Å²) in [5, 5.41) is 16.5. The molecule has 7 nitrogen and oxygen atoms in total. The molecule has 2 N–H and O–H groups in total. The zero-order valence-corrected chi connectivity index (χ0v) is 13.2. The van der Waals surface area contributed by atoms with Crippen molar-refractivity contribution >= 4 is 17.3 Å². The number of nitrogens with one attached hydrogen (secondary N) is 2. The first-order valence-corrected chi connectivity index (χ1v) is 7.19. The van der Waals surface area contributed by atoms with E-state index in [-0.39, 0.29) is 29.2 Å². The molecule has 25 heavy (non-hydrogen) atoms. The Bertz CT molecular complexity index is 784. The lowest BCUT2D eigenvalue weighted by Gasteiger charge is -2.10. The van der Waals surface area contributed by atoms with Crippen LogP contribution in [-0.4, -0.2) is 24.5 Å². The van der Waals surface area contributed by atoms with E-state index in [0.717, 1.165) is 6.07 Å². The van der Waals surface area contributed by atoms with Crippen LogP contribution < -0.4 is 15.4 Å². The number of hydrogen-bond donors (Lipinski definition) is 2. The van der Waals surface area contributed by atoms with Gasteiger partial charge in [-0.1, -0.05) is 12.1 Å². The highest BCUT2D eigenvalue weighted by Crippen LogP contribution is 2.26. The molecular formula is C16H15F2N3O4. The van der Waals surface area contributed by atoms with Gasteiger partial charge in [-0.25, -0.2) is 0 Å². The molecule has 9 heteroatoms. The maximum atomic E-state index is 12.2. The maximum Gasteiger partial charge on any atom is 0.387 e. The molecule has 2 aromatic carbocycles. The number of nitro benzene ring substituents is 1. The van der Waals surface area contributed by atoms with E-state index < -0.39 is 17.4 Å². The van der Waals surface area contributed by atoms with Crippen molar-refractivity contribution < 1.29 is 23.2 Å². The van der Waals surface area contributed by atoms with Crippen molar-refractivity contribution in [3.63, 3.8) is 0 Å². The van der Waals surface area contributed by atoms with Gasteiger partial charge in [-0.2, -0.15) is 8.78 Å². The minimum atomic E-state index is -2.93. The quantitative estimate of drug-likeness (QED) is 0.590. The minimum absolute atomic E-state index is 0.00114. The second-order valence-electron chi connectivity index (χ2n) is 4.95. The summed E-state index contributed by atoms with van der Waals surface area (Å²) in [7, 11) is 1.43. The number of rotatable bonds is 7. The van der Waals surface area contributed by atoms with Crippen LogP contribution in [0.4, 0.5) is 20.2 Å². The fraction of sp³-hybridized carbons (Fsp3) is 0.188. The van der Waals surface area contributed by atoms with Gasteiger partial charge < -0.3 is 15.4 Å². The van der Waals surface area contributed by atoms with Crippen molar-refractivity contribution in [3.8, 4) is 5.75 Å². The van der Waals surface area contributed by atoms with E-state index in [1.54, 1.807) is 6.07 Å². The van der Waals surface area contributed by atoms with E-state index in [1.807, 2.05) is 0 Å². The van der Waals surface area contributed by atoms with E-state index in [1.165, 1.54) is 37.4 Å². The number of amides is 1. The zero-order valence-electron chi connectivity index (χ0n) is 13.2. The van der Waals surface area contributed by atoms with Crippen LogP contribution in [0.25, 0.3) is 0 Å².